The zero-order valence-corrected chi connectivity index (χ0v) is 12.9. The molecule has 24 heavy (non-hydrogen) atoms. The third-order valence-corrected chi connectivity index (χ3v) is 4.62. The summed E-state index contributed by atoms with van der Waals surface area (Å²) in [7, 11) is 0. The molecule has 0 aromatic heterocycles. The molecule has 0 spiro atoms. The first-order chi connectivity index (χ1) is 11.4. The maximum atomic E-state index is 12.9. The van der Waals surface area contributed by atoms with Crippen LogP contribution in [0.25, 0.3) is 0 Å². The summed E-state index contributed by atoms with van der Waals surface area (Å²) in [5, 5.41) is 5.57. The average Bonchev–Trinajstić information content (AvgIpc) is 3.13. The first kappa shape index (κ1) is 16.8. The van der Waals surface area contributed by atoms with Crippen molar-refractivity contribution in [3.05, 3.63) is 35.4 Å². The fourth-order valence-corrected chi connectivity index (χ4v) is 3.35. The number of hydrogen-bond donors (Lipinski definition) is 2. The predicted octanol–water partition coefficient (Wildman–Crippen LogP) is 1.11. The van der Waals surface area contributed by atoms with Crippen molar-refractivity contribution in [2.75, 3.05) is 32.7 Å². The largest absolute Gasteiger partial charge is 0.417 e. The van der Waals surface area contributed by atoms with Crippen LogP contribution in [0.1, 0.15) is 15.9 Å². The number of amides is 2. The van der Waals surface area contributed by atoms with E-state index in [9.17, 15) is 22.8 Å². The molecule has 1 aromatic carbocycles. The van der Waals surface area contributed by atoms with E-state index in [1.54, 1.807) is 4.90 Å². The van der Waals surface area contributed by atoms with Crippen LogP contribution in [0.15, 0.2) is 24.3 Å². The van der Waals surface area contributed by atoms with E-state index >= 15 is 0 Å². The standard InChI is InChI=1S/C16H18F3N3O2/c17-16(18,19)13-4-2-1-3-12(13)15(24)21-7-14(23)22-8-10-5-20-6-11(10)9-22/h1-4,10-11,20H,5-9H2,(H,21,24)/t10-,11+. The highest BCUT2D eigenvalue weighted by Gasteiger charge is 2.38. The molecule has 2 fully saturated rings. The lowest BCUT2D eigenvalue weighted by molar-refractivity contribution is -0.137. The number of rotatable bonds is 3. The molecule has 0 unspecified atom stereocenters. The van der Waals surface area contributed by atoms with Gasteiger partial charge in [0.2, 0.25) is 5.91 Å². The van der Waals surface area contributed by atoms with Crippen molar-refractivity contribution in [2.24, 2.45) is 11.8 Å². The lowest BCUT2D eigenvalue weighted by Gasteiger charge is -2.18. The van der Waals surface area contributed by atoms with Crippen molar-refractivity contribution in [1.82, 2.24) is 15.5 Å². The summed E-state index contributed by atoms with van der Waals surface area (Å²) in [5.41, 5.74) is -1.47. The highest BCUT2D eigenvalue weighted by molar-refractivity contribution is 5.97. The zero-order chi connectivity index (χ0) is 17.3. The summed E-state index contributed by atoms with van der Waals surface area (Å²) in [6.45, 7) is 2.72. The smallest absolute Gasteiger partial charge is 0.343 e. The van der Waals surface area contributed by atoms with Gasteiger partial charge in [-0.05, 0) is 24.0 Å². The molecular weight excluding hydrogens is 323 g/mol. The van der Waals surface area contributed by atoms with Crippen molar-refractivity contribution in [3.63, 3.8) is 0 Å². The van der Waals surface area contributed by atoms with Crippen LogP contribution in [0.2, 0.25) is 0 Å². The minimum Gasteiger partial charge on any atom is -0.343 e. The summed E-state index contributed by atoms with van der Waals surface area (Å²) in [5.74, 6) is -0.300. The summed E-state index contributed by atoms with van der Waals surface area (Å²) in [6, 6.07) is 4.54. The van der Waals surface area contributed by atoms with Gasteiger partial charge in [-0.2, -0.15) is 13.2 Å². The molecule has 0 bridgehead atoms. The molecule has 2 N–H and O–H groups in total. The Bertz CT molecular complexity index is 636. The van der Waals surface area contributed by atoms with Crippen LogP contribution in [0.4, 0.5) is 13.2 Å². The van der Waals surface area contributed by atoms with Crippen molar-refractivity contribution < 1.29 is 22.8 Å². The second-order valence-corrected chi connectivity index (χ2v) is 6.20. The van der Waals surface area contributed by atoms with E-state index in [2.05, 4.69) is 10.6 Å². The molecule has 2 saturated heterocycles. The van der Waals surface area contributed by atoms with Crippen LogP contribution >= 0.6 is 0 Å². The van der Waals surface area contributed by atoms with Gasteiger partial charge in [-0.1, -0.05) is 12.1 Å². The van der Waals surface area contributed by atoms with E-state index in [-0.39, 0.29) is 12.5 Å². The Morgan fingerprint density at radius 2 is 1.79 bits per heavy atom. The number of benzene rings is 1. The minimum absolute atomic E-state index is 0.262. The number of fused-ring (bicyclic) bond motifs is 1. The molecule has 8 heteroatoms. The average molecular weight is 341 g/mol. The molecule has 1 aromatic rings. The van der Waals surface area contributed by atoms with Crippen LogP contribution in [0.3, 0.4) is 0 Å². The first-order valence-electron chi connectivity index (χ1n) is 7.79. The molecule has 2 amide bonds. The molecule has 130 valence electrons. The summed E-state index contributed by atoms with van der Waals surface area (Å²) >= 11 is 0. The van der Waals surface area contributed by atoms with Gasteiger partial charge in [0.25, 0.3) is 5.91 Å². The van der Waals surface area contributed by atoms with Gasteiger partial charge >= 0.3 is 6.18 Å². The Kier molecular flexibility index (Phi) is 4.49. The molecule has 5 nitrogen and oxygen atoms in total. The Balaban J connectivity index is 1.59. The number of halogens is 3. The molecule has 3 rings (SSSR count). The molecule has 0 saturated carbocycles. The first-order valence-corrected chi connectivity index (χ1v) is 7.79. The maximum Gasteiger partial charge on any atom is 0.417 e. The third-order valence-electron chi connectivity index (χ3n) is 4.62. The summed E-state index contributed by atoms with van der Waals surface area (Å²) in [6.07, 6.45) is -4.61. The van der Waals surface area contributed by atoms with Gasteiger partial charge in [-0.25, -0.2) is 0 Å². The number of carbonyl (C=O) groups is 2. The van der Waals surface area contributed by atoms with Gasteiger partial charge in [0.15, 0.2) is 0 Å². The highest BCUT2D eigenvalue weighted by atomic mass is 19.4. The van der Waals surface area contributed by atoms with Gasteiger partial charge in [0, 0.05) is 26.2 Å². The van der Waals surface area contributed by atoms with Crippen molar-refractivity contribution >= 4 is 11.8 Å². The van der Waals surface area contributed by atoms with Gasteiger partial charge in [0.05, 0.1) is 17.7 Å². The van der Waals surface area contributed by atoms with Crippen LogP contribution in [0.5, 0.6) is 0 Å². The van der Waals surface area contributed by atoms with E-state index in [1.165, 1.54) is 12.1 Å². The molecule has 2 heterocycles. The van der Waals surface area contributed by atoms with E-state index in [4.69, 9.17) is 0 Å². The van der Waals surface area contributed by atoms with Crippen LogP contribution in [-0.4, -0.2) is 49.4 Å². The van der Waals surface area contributed by atoms with E-state index in [0.29, 0.717) is 24.9 Å². The number of hydrogen-bond acceptors (Lipinski definition) is 3. The van der Waals surface area contributed by atoms with Crippen LogP contribution in [-0.2, 0) is 11.0 Å². The molecule has 2 aliphatic heterocycles. The quantitative estimate of drug-likeness (QED) is 0.866. The van der Waals surface area contributed by atoms with E-state index in [1.807, 2.05) is 0 Å². The number of alkyl halides is 3. The fraction of sp³-hybridized carbons (Fsp3) is 0.500. The lowest BCUT2D eigenvalue weighted by atomic mass is 10.0. The molecular formula is C16H18F3N3O2. The minimum atomic E-state index is -4.61. The second kappa shape index (κ2) is 6.43. The molecule has 2 atom stereocenters. The normalized spacial score (nSPS) is 23.2. The fourth-order valence-electron chi connectivity index (χ4n) is 3.35. The van der Waals surface area contributed by atoms with Crippen molar-refractivity contribution in [1.29, 1.82) is 0 Å². The van der Waals surface area contributed by atoms with Gasteiger partial charge in [-0.3, -0.25) is 9.59 Å². The SMILES string of the molecule is O=C(NCC(=O)N1C[C@H]2CNC[C@H]2C1)c1ccccc1C(F)(F)F. The maximum absolute atomic E-state index is 12.9. The number of nitrogens with one attached hydrogen (secondary N) is 2. The lowest BCUT2D eigenvalue weighted by Crippen LogP contribution is -2.40. The monoisotopic (exact) mass is 341 g/mol. The van der Waals surface area contributed by atoms with Crippen molar-refractivity contribution in [2.45, 2.75) is 6.18 Å². The Morgan fingerprint density at radius 1 is 1.17 bits per heavy atom. The second-order valence-electron chi connectivity index (χ2n) is 6.20. The Labute approximate surface area is 137 Å². The Hall–Kier alpha value is -2.09. The highest BCUT2D eigenvalue weighted by Crippen LogP contribution is 2.31. The number of nitrogens with zero attached hydrogens (tertiary/aromatic N) is 1. The Morgan fingerprint density at radius 3 is 2.42 bits per heavy atom. The van der Waals surface area contributed by atoms with E-state index in [0.717, 1.165) is 25.2 Å². The van der Waals surface area contributed by atoms with Gasteiger partial charge in [0.1, 0.15) is 0 Å². The van der Waals surface area contributed by atoms with Crippen LogP contribution in [0, 0.1) is 11.8 Å². The topological polar surface area (TPSA) is 61.4 Å². The zero-order valence-electron chi connectivity index (χ0n) is 12.9. The molecule has 0 radical (unpaired) electrons. The third kappa shape index (κ3) is 3.38. The van der Waals surface area contributed by atoms with Crippen molar-refractivity contribution in [3.8, 4) is 0 Å². The van der Waals surface area contributed by atoms with Crippen LogP contribution < -0.4 is 10.6 Å². The van der Waals surface area contributed by atoms with Gasteiger partial charge in [-0.15, -0.1) is 0 Å². The molecule has 2 aliphatic rings. The molecule has 0 aliphatic carbocycles. The summed E-state index contributed by atoms with van der Waals surface area (Å²) < 4.78 is 38.8. The predicted molar refractivity (Wildman–Crippen MR) is 80.2 cm³/mol. The van der Waals surface area contributed by atoms with Gasteiger partial charge < -0.3 is 15.5 Å². The van der Waals surface area contributed by atoms with E-state index < -0.39 is 23.2 Å². The number of likely N-dealkylation sites (tertiary alicyclic amines) is 1. The summed E-state index contributed by atoms with van der Waals surface area (Å²) in [4.78, 5) is 25.9. The number of carbonyl (C=O) groups excluding carboxylic acids is 2.